The van der Waals surface area contributed by atoms with E-state index in [0.29, 0.717) is 5.88 Å². The third-order valence-electron chi connectivity index (χ3n) is 2.15. The molecule has 1 N–H and O–H groups in total. The molecule has 2 nitrogen and oxygen atoms in total. The molecule has 0 saturated carbocycles. The molecule has 1 unspecified atom stereocenters. The van der Waals surface area contributed by atoms with Crippen molar-refractivity contribution in [1.82, 2.24) is 4.90 Å². The second-order valence-corrected chi connectivity index (χ2v) is 5.24. The van der Waals surface area contributed by atoms with Crippen LogP contribution in [0.2, 0.25) is 0 Å². The van der Waals surface area contributed by atoms with Gasteiger partial charge in [0.25, 0.3) is 0 Å². The van der Waals surface area contributed by atoms with Crippen molar-refractivity contribution in [1.29, 1.82) is 0 Å². The van der Waals surface area contributed by atoms with E-state index in [2.05, 4.69) is 27.5 Å². The number of nitrogens with zero attached hydrogens (tertiary/aromatic N) is 1. The average molecular weight is 290 g/mol. The number of aliphatic hydroxyl groups excluding tert-OH is 1. The highest BCUT2D eigenvalue weighted by atomic mass is 127. The zero-order chi connectivity index (χ0) is 8.32. The molecule has 1 fully saturated rings. The largest absolute Gasteiger partial charge is 0.394 e. The van der Waals surface area contributed by atoms with Gasteiger partial charge in [0.1, 0.15) is 0 Å². The van der Waals surface area contributed by atoms with Gasteiger partial charge in [0.05, 0.1) is 10.2 Å². The Bertz CT molecular complexity index is 136. The fraction of sp³-hybridized carbons (Fsp3) is 1.00. The predicted octanol–water partition coefficient (Wildman–Crippen LogP) is 1.44. The molecule has 0 radical (unpaired) electrons. The Kier molecular flexibility index (Phi) is 3.88. The van der Waals surface area contributed by atoms with Crippen LogP contribution < -0.4 is 0 Å². The molecule has 4 heteroatoms. The van der Waals surface area contributed by atoms with Crippen LogP contribution in [0.3, 0.4) is 0 Å². The van der Waals surface area contributed by atoms with Gasteiger partial charge in [0.15, 0.2) is 0 Å². The minimum absolute atomic E-state index is 0.0212. The van der Waals surface area contributed by atoms with E-state index in [4.69, 9.17) is 16.7 Å². The SMILES string of the molecule is OCC1(I)CCCN1CCCl. The quantitative estimate of drug-likeness (QED) is 0.483. The van der Waals surface area contributed by atoms with Crippen molar-refractivity contribution in [2.75, 3.05) is 25.6 Å². The van der Waals surface area contributed by atoms with Crippen molar-refractivity contribution >= 4 is 34.2 Å². The van der Waals surface area contributed by atoms with Crippen LogP contribution in [0.5, 0.6) is 0 Å². The Balaban J connectivity index is 2.49. The van der Waals surface area contributed by atoms with Crippen LogP contribution in [-0.4, -0.2) is 39.1 Å². The third-order valence-corrected chi connectivity index (χ3v) is 3.88. The van der Waals surface area contributed by atoms with Gasteiger partial charge < -0.3 is 5.11 Å². The standard InChI is InChI=1S/C7H13ClINO/c8-3-5-10-4-1-2-7(10,9)6-11/h11H,1-6H2. The molecule has 0 aliphatic carbocycles. The molecule has 1 aliphatic rings. The molecule has 0 bridgehead atoms. The smallest absolute Gasteiger partial charge is 0.0964 e. The zero-order valence-corrected chi connectivity index (χ0v) is 9.31. The van der Waals surface area contributed by atoms with Crippen molar-refractivity contribution in [2.24, 2.45) is 0 Å². The van der Waals surface area contributed by atoms with Crippen molar-refractivity contribution < 1.29 is 5.11 Å². The molecule has 66 valence electrons. The Morgan fingerprint density at radius 3 is 2.91 bits per heavy atom. The maximum atomic E-state index is 9.13. The Labute approximate surface area is 86.0 Å². The summed E-state index contributed by atoms with van der Waals surface area (Å²) in [4.78, 5) is 2.26. The van der Waals surface area contributed by atoms with E-state index in [0.717, 1.165) is 19.5 Å². The maximum Gasteiger partial charge on any atom is 0.0964 e. The maximum absolute atomic E-state index is 9.13. The second kappa shape index (κ2) is 4.25. The van der Waals surface area contributed by atoms with Crippen LogP contribution in [0.4, 0.5) is 0 Å². The number of aliphatic hydroxyl groups is 1. The molecule has 11 heavy (non-hydrogen) atoms. The first-order chi connectivity index (χ1) is 5.23. The Morgan fingerprint density at radius 1 is 1.64 bits per heavy atom. The van der Waals surface area contributed by atoms with E-state index in [1.165, 1.54) is 6.42 Å². The minimum atomic E-state index is -0.0212. The summed E-state index contributed by atoms with van der Waals surface area (Å²) >= 11 is 7.97. The molecular weight excluding hydrogens is 276 g/mol. The van der Waals surface area contributed by atoms with Crippen LogP contribution >= 0.6 is 34.2 Å². The molecule has 0 spiro atoms. The van der Waals surface area contributed by atoms with Gasteiger partial charge in [0.2, 0.25) is 0 Å². The molecule has 1 rings (SSSR count). The van der Waals surface area contributed by atoms with Gasteiger partial charge in [-0.2, -0.15) is 0 Å². The number of hydrogen-bond acceptors (Lipinski definition) is 2. The number of halogens is 2. The van der Waals surface area contributed by atoms with E-state index >= 15 is 0 Å². The van der Waals surface area contributed by atoms with Gasteiger partial charge >= 0.3 is 0 Å². The van der Waals surface area contributed by atoms with Gasteiger partial charge in [-0.3, -0.25) is 4.90 Å². The molecule has 0 amide bonds. The summed E-state index contributed by atoms with van der Waals surface area (Å²) in [5, 5.41) is 9.13. The highest BCUT2D eigenvalue weighted by molar-refractivity contribution is 14.1. The van der Waals surface area contributed by atoms with E-state index in [1.54, 1.807) is 0 Å². The lowest BCUT2D eigenvalue weighted by atomic mass is 10.2. The second-order valence-electron chi connectivity index (χ2n) is 2.86. The van der Waals surface area contributed by atoms with E-state index < -0.39 is 0 Å². The summed E-state index contributed by atoms with van der Waals surface area (Å²) in [6.07, 6.45) is 2.27. The van der Waals surface area contributed by atoms with E-state index in [1.807, 2.05) is 0 Å². The van der Waals surface area contributed by atoms with Crippen molar-refractivity contribution in [3.05, 3.63) is 0 Å². The lowest BCUT2D eigenvalue weighted by molar-refractivity contribution is 0.153. The number of rotatable bonds is 3. The summed E-state index contributed by atoms with van der Waals surface area (Å²) in [5.41, 5.74) is 0. The summed E-state index contributed by atoms with van der Waals surface area (Å²) in [6, 6.07) is 0. The van der Waals surface area contributed by atoms with Gasteiger partial charge in [-0.1, -0.05) is 22.6 Å². The number of likely N-dealkylation sites (tertiary alicyclic amines) is 1. The van der Waals surface area contributed by atoms with Crippen LogP contribution in [0, 0.1) is 0 Å². The first-order valence-corrected chi connectivity index (χ1v) is 5.45. The highest BCUT2D eigenvalue weighted by Crippen LogP contribution is 2.34. The van der Waals surface area contributed by atoms with Gasteiger partial charge in [-0.25, -0.2) is 0 Å². The zero-order valence-electron chi connectivity index (χ0n) is 6.39. The molecule has 0 aromatic heterocycles. The predicted molar refractivity (Wildman–Crippen MR) is 55.4 cm³/mol. The normalized spacial score (nSPS) is 33.0. The summed E-state index contributed by atoms with van der Waals surface area (Å²) in [5.74, 6) is 0.657. The first kappa shape index (κ1) is 10.0. The average Bonchev–Trinajstić information content (AvgIpc) is 2.35. The highest BCUT2D eigenvalue weighted by Gasteiger charge is 2.36. The van der Waals surface area contributed by atoms with Gasteiger partial charge in [0, 0.05) is 12.4 Å². The van der Waals surface area contributed by atoms with E-state index in [-0.39, 0.29) is 10.2 Å². The molecular formula is C7H13ClINO. The minimum Gasteiger partial charge on any atom is -0.394 e. The number of alkyl halides is 2. The summed E-state index contributed by atoms with van der Waals surface area (Å²) in [7, 11) is 0. The van der Waals surface area contributed by atoms with Gasteiger partial charge in [-0.05, 0) is 19.4 Å². The lowest BCUT2D eigenvalue weighted by Crippen LogP contribution is -2.42. The lowest BCUT2D eigenvalue weighted by Gasteiger charge is -2.30. The van der Waals surface area contributed by atoms with Crippen LogP contribution in [-0.2, 0) is 0 Å². The fourth-order valence-corrected chi connectivity index (χ4v) is 2.56. The van der Waals surface area contributed by atoms with Crippen LogP contribution in [0.25, 0.3) is 0 Å². The molecule has 1 saturated heterocycles. The van der Waals surface area contributed by atoms with Crippen molar-refractivity contribution in [3.63, 3.8) is 0 Å². The fourth-order valence-electron chi connectivity index (χ4n) is 1.49. The topological polar surface area (TPSA) is 23.5 Å². The molecule has 0 aromatic carbocycles. The monoisotopic (exact) mass is 289 g/mol. The molecule has 0 aromatic rings. The Morgan fingerprint density at radius 2 is 2.36 bits per heavy atom. The molecule has 1 heterocycles. The van der Waals surface area contributed by atoms with E-state index in [9.17, 15) is 0 Å². The molecule has 1 atom stereocenters. The Hall–Kier alpha value is 0.940. The third kappa shape index (κ3) is 2.20. The van der Waals surface area contributed by atoms with Crippen LogP contribution in [0.15, 0.2) is 0 Å². The summed E-state index contributed by atoms with van der Waals surface area (Å²) < 4.78 is -0.0212. The van der Waals surface area contributed by atoms with Gasteiger partial charge in [-0.15, -0.1) is 11.6 Å². The molecule has 1 aliphatic heterocycles. The first-order valence-electron chi connectivity index (χ1n) is 3.84. The van der Waals surface area contributed by atoms with Crippen molar-refractivity contribution in [3.8, 4) is 0 Å². The number of hydrogen-bond donors (Lipinski definition) is 1. The van der Waals surface area contributed by atoms with Crippen LogP contribution in [0.1, 0.15) is 12.8 Å². The van der Waals surface area contributed by atoms with Crippen molar-refractivity contribution in [2.45, 2.75) is 16.4 Å². The summed E-state index contributed by atoms with van der Waals surface area (Å²) in [6.45, 7) is 2.21.